The van der Waals surface area contributed by atoms with Gasteiger partial charge in [0.05, 0.1) is 17.5 Å². The Kier molecular flexibility index (Phi) is 2.89. The fraction of sp³-hybridized carbons (Fsp3) is 0.167. The molecule has 0 spiro atoms. The van der Waals surface area contributed by atoms with E-state index in [1.165, 1.54) is 0 Å². The van der Waals surface area contributed by atoms with Gasteiger partial charge >= 0.3 is 5.63 Å². The van der Waals surface area contributed by atoms with Crippen molar-refractivity contribution in [2.45, 2.75) is 13.5 Å². The number of nitrogens with zero attached hydrogens (tertiary/aromatic N) is 1. The summed E-state index contributed by atoms with van der Waals surface area (Å²) in [5, 5.41) is 0.863. The first-order chi connectivity index (χ1) is 10.7. The van der Waals surface area contributed by atoms with Crippen LogP contribution in [0.4, 0.5) is 5.69 Å². The van der Waals surface area contributed by atoms with Gasteiger partial charge in [0.1, 0.15) is 11.3 Å². The molecular formula is C18H15NO3. The van der Waals surface area contributed by atoms with E-state index in [1.807, 2.05) is 60.4 Å². The molecule has 110 valence electrons. The van der Waals surface area contributed by atoms with E-state index in [-0.39, 0.29) is 5.63 Å². The molecule has 0 aliphatic carbocycles. The Morgan fingerprint density at radius 1 is 1.09 bits per heavy atom. The van der Waals surface area contributed by atoms with Crippen molar-refractivity contribution in [3.05, 3.63) is 70.1 Å². The third-order valence-corrected chi connectivity index (χ3v) is 3.94. The summed E-state index contributed by atoms with van der Waals surface area (Å²) in [6.45, 7) is 2.92. The summed E-state index contributed by atoms with van der Waals surface area (Å²) >= 11 is 0. The van der Waals surface area contributed by atoms with Crippen molar-refractivity contribution in [3.63, 3.8) is 0 Å². The fourth-order valence-electron chi connectivity index (χ4n) is 2.81. The van der Waals surface area contributed by atoms with E-state index in [9.17, 15) is 4.79 Å². The third-order valence-electron chi connectivity index (χ3n) is 3.94. The fourth-order valence-corrected chi connectivity index (χ4v) is 2.81. The summed E-state index contributed by atoms with van der Waals surface area (Å²) in [7, 11) is 0. The van der Waals surface area contributed by atoms with Crippen LogP contribution in [-0.4, -0.2) is 6.73 Å². The smallest absolute Gasteiger partial charge is 0.345 e. The van der Waals surface area contributed by atoms with E-state index in [2.05, 4.69) is 0 Å². The molecule has 3 aromatic rings. The number of rotatable bonds is 1. The number of fused-ring (bicyclic) bond motifs is 3. The second-order valence-corrected chi connectivity index (χ2v) is 5.50. The molecular weight excluding hydrogens is 278 g/mol. The SMILES string of the molecule is Cc1ccc2oc(=O)c3c(c2c1)OCN(c1ccccc1)C3. The Morgan fingerprint density at radius 3 is 2.73 bits per heavy atom. The van der Waals surface area contributed by atoms with Crippen LogP contribution in [0, 0.1) is 6.92 Å². The third kappa shape index (κ3) is 2.04. The minimum Gasteiger partial charge on any atom is -0.472 e. The van der Waals surface area contributed by atoms with Crippen molar-refractivity contribution in [1.29, 1.82) is 0 Å². The average Bonchev–Trinajstić information content (AvgIpc) is 2.56. The second-order valence-electron chi connectivity index (χ2n) is 5.50. The summed E-state index contributed by atoms with van der Waals surface area (Å²) in [5.74, 6) is 0.655. The number of para-hydroxylation sites is 1. The van der Waals surface area contributed by atoms with Gasteiger partial charge < -0.3 is 14.1 Å². The molecule has 0 amide bonds. The van der Waals surface area contributed by atoms with Crippen molar-refractivity contribution in [3.8, 4) is 5.75 Å². The molecule has 0 atom stereocenters. The van der Waals surface area contributed by atoms with Gasteiger partial charge in [-0.05, 0) is 31.2 Å². The highest BCUT2D eigenvalue weighted by atomic mass is 16.5. The van der Waals surface area contributed by atoms with Gasteiger partial charge in [0.25, 0.3) is 0 Å². The molecule has 0 fully saturated rings. The molecule has 2 heterocycles. The standard InChI is InChI=1S/C18H15NO3/c1-12-7-8-16-14(9-12)17-15(18(20)22-16)10-19(11-21-17)13-5-3-2-4-6-13/h2-9H,10-11H2,1H3. The number of aryl methyl sites for hydroxylation is 1. The lowest BCUT2D eigenvalue weighted by Gasteiger charge is -2.30. The topological polar surface area (TPSA) is 42.7 Å². The maximum absolute atomic E-state index is 12.3. The first kappa shape index (κ1) is 13.0. The zero-order valence-corrected chi connectivity index (χ0v) is 12.2. The van der Waals surface area contributed by atoms with Crippen LogP contribution in [0.1, 0.15) is 11.1 Å². The molecule has 0 radical (unpaired) electrons. The molecule has 0 saturated carbocycles. The molecule has 0 N–H and O–H groups in total. The molecule has 0 saturated heterocycles. The van der Waals surface area contributed by atoms with E-state index in [1.54, 1.807) is 0 Å². The Labute approximate surface area is 127 Å². The molecule has 0 bridgehead atoms. The maximum Gasteiger partial charge on any atom is 0.345 e. The average molecular weight is 293 g/mol. The van der Waals surface area contributed by atoms with Crippen LogP contribution < -0.4 is 15.3 Å². The molecule has 1 aliphatic rings. The lowest BCUT2D eigenvalue weighted by atomic mass is 10.1. The predicted octanol–water partition coefficient (Wildman–Crippen LogP) is 3.46. The highest BCUT2D eigenvalue weighted by Gasteiger charge is 2.24. The molecule has 4 rings (SSSR count). The van der Waals surface area contributed by atoms with Crippen molar-refractivity contribution >= 4 is 16.7 Å². The molecule has 1 aliphatic heterocycles. The molecule has 4 heteroatoms. The summed E-state index contributed by atoms with van der Waals surface area (Å²) in [4.78, 5) is 14.3. The number of ether oxygens (including phenoxy) is 1. The first-order valence-electron chi connectivity index (χ1n) is 7.21. The van der Waals surface area contributed by atoms with Crippen LogP contribution in [0.2, 0.25) is 0 Å². The van der Waals surface area contributed by atoms with Gasteiger partial charge in [0.2, 0.25) is 0 Å². The lowest BCUT2D eigenvalue weighted by Crippen LogP contribution is -2.34. The van der Waals surface area contributed by atoms with Crippen LogP contribution in [0.25, 0.3) is 11.0 Å². The van der Waals surface area contributed by atoms with Gasteiger partial charge in [-0.25, -0.2) is 4.79 Å². The van der Waals surface area contributed by atoms with Gasteiger partial charge in [-0.15, -0.1) is 0 Å². The predicted molar refractivity (Wildman–Crippen MR) is 85.3 cm³/mol. The number of hydrogen-bond donors (Lipinski definition) is 0. The van der Waals surface area contributed by atoms with Crippen LogP contribution >= 0.6 is 0 Å². The van der Waals surface area contributed by atoms with Crippen molar-refractivity contribution < 1.29 is 9.15 Å². The van der Waals surface area contributed by atoms with E-state index < -0.39 is 0 Å². The van der Waals surface area contributed by atoms with Crippen LogP contribution in [-0.2, 0) is 6.54 Å². The summed E-state index contributed by atoms with van der Waals surface area (Å²) in [6, 6.07) is 15.6. The van der Waals surface area contributed by atoms with Crippen molar-refractivity contribution in [2.24, 2.45) is 0 Å². The molecule has 22 heavy (non-hydrogen) atoms. The lowest BCUT2D eigenvalue weighted by molar-refractivity contribution is 0.287. The largest absolute Gasteiger partial charge is 0.472 e. The Bertz CT molecular complexity index is 899. The van der Waals surface area contributed by atoms with E-state index >= 15 is 0 Å². The summed E-state index contributed by atoms with van der Waals surface area (Å²) in [6.07, 6.45) is 0. The number of anilines is 1. The van der Waals surface area contributed by atoms with Crippen LogP contribution in [0.5, 0.6) is 5.75 Å². The molecule has 2 aromatic carbocycles. The molecule has 0 unspecified atom stereocenters. The van der Waals surface area contributed by atoms with Gasteiger partial charge in [-0.1, -0.05) is 29.8 Å². The monoisotopic (exact) mass is 293 g/mol. The second kappa shape index (κ2) is 4.91. The van der Waals surface area contributed by atoms with Crippen LogP contribution in [0.15, 0.2) is 57.7 Å². The number of hydrogen-bond acceptors (Lipinski definition) is 4. The van der Waals surface area contributed by atoms with E-state index in [4.69, 9.17) is 9.15 Å². The Balaban J connectivity index is 1.84. The number of benzene rings is 2. The van der Waals surface area contributed by atoms with Gasteiger partial charge in [-0.3, -0.25) is 0 Å². The Morgan fingerprint density at radius 2 is 1.91 bits per heavy atom. The minimum atomic E-state index is -0.327. The highest BCUT2D eigenvalue weighted by Crippen LogP contribution is 2.33. The zero-order valence-electron chi connectivity index (χ0n) is 12.2. The summed E-state index contributed by atoms with van der Waals surface area (Å²) in [5.41, 5.74) is 2.96. The quantitative estimate of drug-likeness (QED) is 0.644. The van der Waals surface area contributed by atoms with Crippen LogP contribution in [0.3, 0.4) is 0 Å². The van der Waals surface area contributed by atoms with E-state index in [0.717, 1.165) is 16.6 Å². The summed E-state index contributed by atoms with van der Waals surface area (Å²) < 4.78 is 11.3. The van der Waals surface area contributed by atoms with E-state index in [0.29, 0.717) is 30.2 Å². The zero-order chi connectivity index (χ0) is 15.1. The van der Waals surface area contributed by atoms with Crippen molar-refractivity contribution in [1.82, 2.24) is 0 Å². The van der Waals surface area contributed by atoms with Gasteiger partial charge in [-0.2, -0.15) is 0 Å². The minimum absolute atomic E-state index is 0.327. The normalized spacial score (nSPS) is 13.8. The highest BCUT2D eigenvalue weighted by molar-refractivity contribution is 5.85. The van der Waals surface area contributed by atoms with Crippen molar-refractivity contribution in [2.75, 3.05) is 11.6 Å². The van der Waals surface area contributed by atoms with Gasteiger partial charge in [0.15, 0.2) is 6.73 Å². The maximum atomic E-state index is 12.3. The van der Waals surface area contributed by atoms with Gasteiger partial charge in [0, 0.05) is 5.69 Å². The Hall–Kier alpha value is -2.75. The molecule has 4 nitrogen and oxygen atoms in total. The molecule has 1 aromatic heterocycles. The first-order valence-corrected chi connectivity index (χ1v) is 7.21.